The highest BCUT2D eigenvalue weighted by atomic mass is 32.2. The molecule has 0 aliphatic carbocycles. The van der Waals surface area contributed by atoms with Crippen LogP contribution in [0.15, 0.2) is 62.3 Å². The Morgan fingerprint density at radius 1 is 1.11 bits per heavy atom. The topological polar surface area (TPSA) is 68.3 Å². The molecule has 1 amide bonds. The monoisotopic (exact) mass is 397 g/mol. The van der Waals surface area contributed by atoms with Crippen LogP contribution in [0.5, 0.6) is 0 Å². The van der Waals surface area contributed by atoms with Crippen molar-refractivity contribution in [2.75, 3.05) is 6.26 Å². The Morgan fingerprint density at radius 2 is 1.78 bits per heavy atom. The van der Waals surface area contributed by atoms with E-state index in [9.17, 15) is 22.4 Å². The molecule has 0 spiro atoms. The summed E-state index contributed by atoms with van der Waals surface area (Å²) in [5, 5.41) is 3.27. The van der Waals surface area contributed by atoms with Crippen molar-refractivity contribution < 1.29 is 26.9 Å². The molecule has 1 unspecified atom stereocenters. The van der Waals surface area contributed by atoms with Crippen molar-refractivity contribution in [3.8, 4) is 11.4 Å². The van der Waals surface area contributed by atoms with Crippen molar-refractivity contribution >= 4 is 16.6 Å². The Labute approximate surface area is 153 Å². The van der Waals surface area contributed by atoms with Gasteiger partial charge in [0.05, 0.1) is 4.90 Å². The first kappa shape index (κ1) is 18.9. The number of hydrogen-bond donors (Lipinski definition) is 0. The maximum absolute atomic E-state index is 13.8. The van der Waals surface area contributed by atoms with Crippen LogP contribution in [-0.4, -0.2) is 22.3 Å². The molecule has 0 fully saturated rings. The van der Waals surface area contributed by atoms with Crippen molar-refractivity contribution in [3.63, 3.8) is 0 Å². The highest BCUT2D eigenvalue weighted by Crippen LogP contribution is 2.29. The van der Waals surface area contributed by atoms with Crippen molar-refractivity contribution in [2.45, 2.75) is 11.1 Å². The second kappa shape index (κ2) is 7.39. The second-order valence-electron chi connectivity index (χ2n) is 5.30. The van der Waals surface area contributed by atoms with Gasteiger partial charge in [0.15, 0.2) is 0 Å². The lowest BCUT2D eigenvalue weighted by atomic mass is 10.1. The molecule has 2 aromatic carbocycles. The molecule has 27 heavy (non-hydrogen) atoms. The van der Waals surface area contributed by atoms with Crippen LogP contribution in [0.1, 0.15) is 16.2 Å². The van der Waals surface area contributed by atoms with E-state index < -0.39 is 34.5 Å². The zero-order valence-electron chi connectivity index (χ0n) is 13.7. The predicted octanol–water partition coefficient (Wildman–Crippen LogP) is 4.53. The third kappa shape index (κ3) is 4.27. The van der Waals surface area contributed by atoms with Gasteiger partial charge in [-0.05, 0) is 30.5 Å². The van der Waals surface area contributed by atoms with E-state index in [4.69, 9.17) is 0 Å². The van der Waals surface area contributed by atoms with E-state index in [0.29, 0.717) is 4.90 Å². The van der Waals surface area contributed by atoms with Crippen molar-refractivity contribution in [3.05, 3.63) is 65.8 Å². The number of carbonyl (C=O) groups excluding carboxylic acids is 1. The van der Waals surface area contributed by atoms with Gasteiger partial charge in [-0.3, -0.25) is 4.79 Å². The number of halogens is 4. The highest BCUT2D eigenvalue weighted by molar-refractivity contribution is 7.87. The van der Waals surface area contributed by atoms with E-state index in [2.05, 4.69) is 19.0 Å². The number of benzene rings is 2. The molecule has 1 aromatic heterocycles. The van der Waals surface area contributed by atoms with Gasteiger partial charge < -0.3 is 4.52 Å². The summed E-state index contributed by atoms with van der Waals surface area (Å²) in [6.07, 6.45) is -3.12. The summed E-state index contributed by atoms with van der Waals surface area (Å²) in [5.74, 6) is -2.72. The molecule has 1 atom stereocenters. The Bertz CT molecular complexity index is 1010. The molecule has 140 valence electrons. The SMILES string of the molecule is CS(=NC(=O)c1ccc(-c2noc(C(F)(F)F)n2)cc1)c1ccccc1F. The summed E-state index contributed by atoms with van der Waals surface area (Å²) in [4.78, 5) is 15.8. The van der Waals surface area contributed by atoms with Gasteiger partial charge in [-0.15, -0.1) is 0 Å². The predicted molar refractivity (Wildman–Crippen MR) is 89.4 cm³/mol. The molecule has 5 nitrogen and oxygen atoms in total. The van der Waals surface area contributed by atoms with Gasteiger partial charge in [0, 0.05) is 11.1 Å². The number of nitrogens with zero attached hydrogens (tertiary/aromatic N) is 3. The lowest BCUT2D eigenvalue weighted by Gasteiger charge is -2.03. The second-order valence-corrected chi connectivity index (χ2v) is 6.88. The van der Waals surface area contributed by atoms with Crippen LogP contribution < -0.4 is 0 Å². The van der Waals surface area contributed by atoms with E-state index in [1.54, 1.807) is 24.5 Å². The van der Waals surface area contributed by atoms with Gasteiger partial charge in [0.2, 0.25) is 5.82 Å². The minimum absolute atomic E-state index is 0.203. The fraction of sp³-hybridized carbons (Fsp3) is 0.118. The number of hydrogen-bond acceptors (Lipinski definition) is 4. The number of carbonyl (C=O) groups is 1. The molecule has 3 aromatic rings. The molecular formula is C17H11F4N3O2S. The summed E-state index contributed by atoms with van der Waals surface area (Å²) < 4.78 is 59.4. The average molecular weight is 397 g/mol. The minimum atomic E-state index is -4.73. The van der Waals surface area contributed by atoms with Gasteiger partial charge >= 0.3 is 12.1 Å². The average Bonchev–Trinajstić information content (AvgIpc) is 3.12. The molecule has 10 heteroatoms. The maximum atomic E-state index is 13.8. The number of rotatable bonds is 3. The Balaban J connectivity index is 1.81. The third-order valence-electron chi connectivity index (χ3n) is 3.43. The quantitative estimate of drug-likeness (QED) is 0.609. The third-order valence-corrected chi connectivity index (χ3v) is 4.84. The molecule has 0 saturated heterocycles. The normalized spacial score (nSPS) is 12.9. The van der Waals surface area contributed by atoms with Crippen molar-refractivity contribution in [1.82, 2.24) is 10.1 Å². The number of amides is 1. The van der Waals surface area contributed by atoms with Gasteiger partial charge in [0.25, 0.3) is 5.91 Å². The number of alkyl halides is 3. The van der Waals surface area contributed by atoms with Crippen LogP contribution in [-0.2, 0) is 16.9 Å². The largest absolute Gasteiger partial charge is 0.471 e. The van der Waals surface area contributed by atoms with E-state index >= 15 is 0 Å². The minimum Gasteiger partial charge on any atom is -0.329 e. The van der Waals surface area contributed by atoms with E-state index in [1.807, 2.05) is 0 Å². The summed E-state index contributed by atoms with van der Waals surface area (Å²) in [6, 6.07) is 11.5. The first-order chi connectivity index (χ1) is 12.8. The Hall–Kier alpha value is -2.88. The lowest BCUT2D eigenvalue weighted by molar-refractivity contribution is -0.159. The zero-order chi connectivity index (χ0) is 19.6. The summed E-state index contributed by atoms with van der Waals surface area (Å²) in [7, 11) is -0.988. The van der Waals surface area contributed by atoms with Crippen LogP contribution >= 0.6 is 0 Å². The van der Waals surface area contributed by atoms with E-state index in [-0.39, 0.29) is 17.0 Å². The van der Waals surface area contributed by atoms with Crippen LogP contribution in [0.3, 0.4) is 0 Å². The van der Waals surface area contributed by atoms with E-state index in [1.165, 1.54) is 30.3 Å². The van der Waals surface area contributed by atoms with Gasteiger partial charge in [-0.25, -0.2) is 4.39 Å². The van der Waals surface area contributed by atoms with Gasteiger partial charge in [-0.1, -0.05) is 40.1 Å². The fourth-order valence-electron chi connectivity index (χ4n) is 2.13. The Morgan fingerprint density at radius 3 is 2.37 bits per heavy atom. The summed E-state index contributed by atoms with van der Waals surface area (Å²) in [6.45, 7) is 0. The molecular weight excluding hydrogens is 386 g/mol. The summed E-state index contributed by atoms with van der Waals surface area (Å²) >= 11 is 0. The van der Waals surface area contributed by atoms with Gasteiger partial charge in [0.1, 0.15) is 5.82 Å². The first-order valence-electron chi connectivity index (χ1n) is 7.43. The highest BCUT2D eigenvalue weighted by Gasteiger charge is 2.38. The molecule has 0 aliphatic rings. The molecule has 0 aliphatic heterocycles. The zero-order valence-corrected chi connectivity index (χ0v) is 14.5. The molecule has 0 saturated carbocycles. The molecule has 0 N–H and O–H groups in total. The molecule has 0 radical (unpaired) electrons. The fourth-order valence-corrected chi connectivity index (χ4v) is 3.21. The smallest absolute Gasteiger partial charge is 0.329 e. The van der Waals surface area contributed by atoms with E-state index in [0.717, 1.165) is 0 Å². The first-order valence-corrected chi connectivity index (χ1v) is 9.02. The van der Waals surface area contributed by atoms with Gasteiger partial charge in [-0.2, -0.15) is 22.5 Å². The van der Waals surface area contributed by atoms with Crippen LogP contribution in [0.4, 0.5) is 17.6 Å². The van der Waals surface area contributed by atoms with Crippen molar-refractivity contribution in [1.29, 1.82) is 0 Å². The van der Waals surface area contributed by atoms with Crippen LogP contribution in [0, 0.1) is 5.82 Å². The number of aromatic nitrogens is 2. The maximum Gasteiger partial charge on any atom is 0.471 e. The standard InChI is InChI=1S/C17H11F4N3O2S/c1-27(13-5-3-2-4-12(13)18)24-15(25)11-8-6-10(7-9-11)14-22-16(26-23-14)17(19,20)21/h2-9H,1H3. The van der Waals surface area contributed by atoms with Crippen LogP contribution in [0.25, 0.3) is 11.4 Å². The lowest BCUT2D eigenvalue weighted by Crippen LogP contribution is -2.04. The molecule has 3 rings (SSSR count). The summed E-state index contributed by atoms with van der Waals surface area (Å²) in [5.41, 5.74) is 0.449. The molecule has 1 heterocycles. The Kier molecular flexibility index (Phi) is 5.17. The molecule has 0 bridgehead atoms. The van der Waals surface area contributed by atoms with Crippen LogP contribution in [0.2, 0.25) is 0 Å². The van der Waals surface area contributed by atoms with Crippen molar-refractivity contribution in [2.24, 2.45) is 4.36 Å².